The molecule has 0 aliphatic rings. The Kier molecular flexibility index (Phi) is 5.52. The van der Waals surface area contributed by atoms with Gasteiger partial charge in [0.1, 0.15) is 0 Å². The molecule has 0 saturated carbocycles. The molecule has 0 atom stereocenters. The molecule has 0 aliphatic carbocycles. The Hall–Kier alpha value is -2.62. The van der Waals surface area contributed by atoms with Gasteiger partial charge in [0.15, 0.2) is 0 Å². The molecule has 0 fully saturated rings. The van der Waals surface area contributed by atoms with Gasteiger partial charge in [-0.25, -0.2) is 0 Å². The van der Waals surface area contributed by atoms with Crippen LogP contribution < -0.4 is 10.2 Å². The largest absolute Gasteiger partial charge is 0.322 e. The van der Waals surface area contributed by atoms with Crippen molar-refractivity contribution >= 4 is 23.2 Å². The number of hydrogen-bond acceptors (Lipinski definition) is 2. The summed E-state index contributed by atoms with van der Waals surface area (Å²) in [5.74, 6) is -0.172. The Morgan fingerprint density at radius 3 is 2.13 bits per heavy atom. The first-order chi connectivity index (χ1) is 11.0. The number of carbonyl (C=O) groups excluding carboxylic acids is 2. The summed E-state index contributed by atoms with van der Waals surface area (Å²) in [6.07, 6.45) is 2.11. The summed E-state index contributed by atoms with van der Waals surface area (Å²) in [5, 5.41) is 2.86. The van der Waals surface area contributed by atoms with E-state index in [0.29, 0.717) is 11.3 Å². The maximum atomic E-state index is 12.2. The Morgan fingerprint density at radius 1 is 1.00 bits per heavy atom. The lowest BCUT2D eigenvalue weighted by Crippen LogP contribution is -2.22. The predicted molar refractivity (Wildman–Crippen MR) is 93.9 cm³/mol. The first-order valence-corrected chi connectivity index (χ1v) is 7.76. The lowest BCUT2D eigenvalue weighted by Gasteiger charge is -2.15. The summed E-state index contributed by atoms with van der Waals surface area (Å²) in [4.78, 5) is 25.1. The number of anilines is 2. The molecule has 2 amide bonds. The fourth-order valence-corrected chi connectivity index (χ4v) is 2.26. The van der Waals surface area contributed by atoms with Crippen LogP contribution in [0.15, 0.2) is 48.5 Å². The molecule has 120 valence electrons. The van der Waals surface area contributed by atoms with Gasteiger partial charge >= 0.3 is 0 Å². The first kappa shape index (κ1) is 16.7. The molecule has 23 heavy (non-hydrogen) atoms. The number of benzene rings is 2. The number of nitrogens with zero attached hydrogens (tertiary/aromatic N) is 1. The molecular formula is C19H22N2O2. The fraction of sp³-hybridized carbons (Fsp3) is 0.263. The second kappa shape index (κ2) is 7.58. The second-order valence-corrected chi connectivity index (χ2v) is 5.53. The molecule has 4 nitrogen and oxygen atoms in total. The monoisotopic (exact) mass is 310 g/mol. The van der Waals surface area contributed by atoms with Crippen LogP contribution in [0.2, 0.25) is 0 Å². The van der Waals surface area contributed by atoms with Gasteiger partial charge in [0, 0.05) is 30.9 Å². The number of hydrogen-bond donors (Lipinski definition) is 1. The smallest absolute Gasteiger partial charge is 0.255 e. The van der Waals surface area contributed by atoms with Gasteiger partial charge < -0.3 is 10.2 Å². The van der Waals surface area contributed by atoms with Crippen molar-refractivity contribution in [3.63, 3.8) is 0 Å². The normalized spacial score (nSPS) is 10.2. The molecule has 0 spiro atoms. The summed E-state index contributed by atoms with van der Waals surface area (Å²) in [6.45, 7) is 3.64. The highest BCUT2D eigenvalue weighted by atomic mass is 16.2. The molecule has 0 aliphatic heterocycles. The fourth-order valence-electron chi connectivity index (χ4n) is 2.26. The number of nitrogens with one attached hydrogen (secondary N) is 1. The van der Waals surface area contributed by atoms with Crippen LogP contribution in [0.5, 0.6) is 0 Å². The van der Waals surface area contributed by atoms with Crippen molar-refractivity contribution in [3.05, 3.63) is 59.7 Å². The second-order valence-electron chi connectivity index (χ2n) is 5.53. The zero-order valence-corrected chi connectivity index (χ0v) is 13.8. The van der Waals surface area contributed by atoms with Crippen molar-refractivity contribution < 1.29 is 9.59 Å². The van der Waals surface area contributed by atoms with E-state index in [2.05, 4.69) is 12.2 Å². The van der Waals surface area contributed by atoms with Crippen LogP contribution in [0, 0.1) is 0 Å². The van der Waals surface area contributed by atoms with Gasteiger partial charge in [-0.1, -0.05) is 25.5 Å². The Morgan fingerprint density at radius 2 is 1.61 bits per heavy atom. The first-order valence-electron chi connectivity index (χ1n) is 7.76. The molecule has 1 N–H and O–H groups in total. The molecule has 0 heterocycles. The van der Waals surface area contributed by atoms with Crippen molar-refractivity contribution in [2.45, 2.75) is 26.7 Å². The average molecular weight is 310 g/mol. The van der Waals surface area contributed by atoms with E-state index in [1.807, 2.05) is 24.3 Å². The molecule has 0 bridgehead atoms. The lowest BCUT2D eigenvalue weighted by atomic mass is 10.1. The van der Waals surface area contributed by atoms with E-state index in [-0.39, 0.29) is 11.8 Å². The minimum atomic E-state index is -0.138. The zero-order chi connectivity index (χ0) is 16.8. The molecule has 0 saturated heterocycles. The van der Waals surface area contributed by atoms with Gasteiger partial charge in [0.2, 0.25) is 5.91 Å². The standard InChI is InChI=1S/C19H22N2O2/c1-4-5-15-6-8-16(9-7-15)19(23)20-17-10-12-18(13-11-17)21(3)14(2)22/h6-13H,4-5H2,1-3H3,(H,20,23). The van der Waals surface area contributed by atoms with E-state index >= 15 is 0 Å². The number of rotatable bonds is 5. The van der Waals surface area contributed by atoms with E-state index in [1.54, 1.807) is 36.2 Å². The van der Waals surface area contributed by atoms with Crippen molar-refractivity contribution in [3.8, 4) is 0 Å². The molecule has 2 rings (SSSR count). The highest BCUT2D eigenvalue weighted by molar-refractivity contribution is 6.04. The van der Waals surface area contributed by atoms with E-state index in [1.165, 1.54) is 12.5 Å². The molecule has 0 aromatic heterocycles. The summed E-state index contributed by atoms with van der Waals surface area (Å²) in [5.41, 5.74) is 3.36. The van der Waals surface area contributed by atoms with Crippen LogP contribution in [0.25, 0.3) is 0 Å². The highest BCUT2D eigenvalue weighted by Crippen LogP contribution is 2.18. The van der Waals surface area contributed by atoms with Gasteiger partial charge in [0.25, 0.3) is 5.91 Å². The van der Waals surface area contributed by atoms with Crippen molar-refractivity contribution in [2.75, 3.05) is 17.3 Å². The molecular weight excluding hydrogens is 288 g/mol. The van der Waals surface area contributed by atoms with Crippen molar-refractivity contribution in [2.24, 2.45) is 0 Å². The van der Waals surface area contributed by atoms with Crippen molar-refractivity contribution in [1.82, 2.24) is 0 Å². The third kappa shape index (κ3) is 4.42. The average Bonchev–Trinajstić information content (AvgIpc) is 2.55. The van der Waals surface area contributed by atoms with E-state index in [0.717, 1.165) is 18.5 Å². The molecule has 2 aromatic rings. The summed E-state index contributed by atoms with van der Waals surface area (Å²) < 4.78 is 0. The predicted octanol–water partition coefficient (Wildman–Crippen LogP) is 3.87. The number of aryl methyl sites for hydroxylation is 1. The highest BCUT2D eigenvalue weighted by Gasteiger charge is 2.08. The number of amides is 2. The third-order valence-electron chi connectivity index (χ3n) is 3.74. The topological polar surface area (TPSA) is 49.4 Å². The van der Waals surface area contributed by atoms with Gasteiger partial charge in [-0.3, -0.25) is 9.59 Å². The minimum absolute atomic E-state index is 0.0334. The van der Waals surface area contributed by atoms with E-state index < -0.39 is 0 Å². The summed E-state index contributed by atoms with van der Waals surface area (Å²) in [7, 11) is 1.72. The molecule has 0 radical (unpaired) electrons. The molecule has 4 heteroatoms. The summed E-state index contributed by atoms with van der Waals surface area (Å²) >= 11 is 0. The number of carbonyl (C=O) groups is 2. The van der Waals surface area contributed by atoms with Gasteiger partial charge in [-0.2, -0.15) is 0 Å². The Labute approximate surface area is 137 Å². The summed E-state index contributed by atoms with van der Waals surface area (Å²) in [6, 6.07) is 14.9. The van der Waals surface area contributed by atoms with Crippen LogP contribution in [0.3, 0.4) is 0 Å². The van der Waals surface area contributed by atoms with E-state index in [4.69, 9.17) is 0 Å². The van der Waals surface area contributed by atoms with Gasteiger partial charge in [-0.05, 0) is 48.4 Å². The molecule has 0 unspecified atom stereocenters. The zero-order valence-electron chi connectivity index (χ0n) is 13.8. The third-order valence-corrected chi connectivity index (χ3v) is 3.74. The SMILES string of the molecule is CCCc1ccc(C(=O)Nc2ccc(N(C)C(C)=O)cc2)cc1. The van der Waals surface area contributed by atoms with Crippen LogP contribution in [-0.2, 0) is 11.2 Å². The van der Waals surface area contributed by atoms with Crippen LogP contribution in [0.1, 0.15) is 36.2 Å². The minimum Gasteiger partial charge on any atom is -0.322 e. The van der Waals surface area contributed by atoms with Crippen LogP contribution >= 0.6 is 0 Å². The Balaban J connectivity index is 2.03. The van der Waals surface area contributed by atoms with Gasteiger partial charge in [0.05, 0.1) is 0 Å². The quantitative estimate of drug-likeness (QED) is 0.911. The van der Waals surface area contributed by atoms with Crippen LogP contribution in [-0.4, -0.2) is 18.9 Å². The van der Waals surface area contributed by atoms with Crippen molar-refractivity contribution in [1.29, 1.82) is 0 Å². The lowest BCUT2D eigenvalue weighted by molar-refractivity contribution is -0.116. The van der Waals surface area contributed by atoms with Crippen LogP contribution in [0.4, 0.5) is 11.4 Å². The van der Waals surface area contributed by atoms with Gasteiger partial charge in [-0.15, -0.1) is 0 Å². The maximum absolute atomic E-state index is 12.2. The Bertz CT molecular complexity index is 676. The molecule has 2 aromatic carbocycles. The maximum Gasteiger partial charge on any atom is 0.255 e. The van der Waals surface area contributed by atoms with E-state index in [9.17, 15) is 9.59 Å².